The molecule has 2 aromatic carbocycles. The van der Waals surface area contributed by atoms with E-state index in [0.717, 1.165) is 16.5 Å². The molecule has 0 saturated carbocycles. The van der Waals surface area contributed by atoms with Gasteiger partial charge in [-0.25, -0.2) is 4.79 Å². The molecule has 28 heavy (non-hydrogen) atoms. The monoisotopic (exact) mass is 389 g/mol. The van der Waals surface area contributed by atoms with Crippen molar-refractivity contribution in [3.63, 3.8) is 0 Å². The van der Waals surface area contributed by atoms with Crippen LogP contribution in [0.1, 0.15) is 22.3 Å². The lowest BCUT2D eigenvalue weighted by Gasteiger charge is -2.22. The quantitative estimate of drug-likeness (QED) is 0.612. The molecule has 2 aliphatic heterocycles. The van der Waals surface area contributed by atoms with Crippen molar-refractivity contribution in [2.75, 3.05) is 4.90 Å². The molecule has 4 amide bonds. The summed E-state index contributed by atoms with van der Waals surface area (Å²) >= 11 is 0. The van der Waals surface area contributed by atoms with Gasteiger partial charge in [0.15, 0.2) is 0 Å². The predicted octanol–water partition coefficient (Wildman–Crippen LogP) is 2.60. The van der Waals surface area contributed by atoms with Crippen LogP contribution >= 0.6 is 0 Å². The van der Waals surface area contributed by atoms with E-state index in [-0.39, 0.29) is 16.8 Å². The highest BCUT2D eigenvalue weighted by Crippen LogP contribution is 2.44. The number of halogens is 3. The van der Waals surface area contributed by atoms with E-state index in [1.807, 2.05) is 5.32 Å². The number of nitrogens with zero attached hydrogens (tertiary/aromatic N) is 1. The van der Waals surface area contributed by atoms with E-state index in [4.69, 9.17) is 0 Å². The number of nitrogens with one attached hydrogen (secondary N) is 2. The van der Waals surface area contributed by atoms with Crippen molar-refractivity contribution < 1.29 is 27.6 Å². The van der Waals surface area contributed by atoms with E-state index in [1.165, 1.54) is 18.2 Å². The molecule has 0 aromatic heterocycles. The molecule has 2 aliphatic rings. The van der Waals surface area contributed by atoms with E-state index in [1.54, 1.807) is 25.1 Å². The fraction of sp³-hybridized carbons (Fsp3) is 0.211. The molecule has 0 aliphatic carbocycles. The Morgan fingerprint density at radius 3 is 2.43 bits per heavy atom. The van der Waals surface area contributed by atoms with E-state index >= 15 is 0 Å². The van der Waals surface area contributed by atoms with Gasteiger partial charge in [-0.3, -0.25) is 14.9 Å². The third-order valence-electron chi connectivity index (χ3n) is 4.93. The summed E-state index contributed by atoms with van der Waals surface area (Å²) in [5, 5.41) is 4.40. The number of benzene rings is 2. The molecule has 6 nitrogen and oxygen atoms in total. The Morgan fingerprint density at radius 1 is 1.07 bits per heavy atom. The first-order valence-corrected chi connectivity index (χ1v) is 8.36. The molecule has 4 rings (SSSR count). The first kappa shape index (κ1) is 18.0. The number of carbonyl (C=O) groups excluding carboxylic acids is 3. The minimum atomic E-state index is -4.59. The maximum Gasteiger partial charge on any atom is 0.416 e. The summed E-state index contributed by atoms with van der Waals surface area (Å²) in [4.78, 5) is 38.5. The first-order valence-electron chi connectivity index (χ1n) is 8.36. The van der Waals surface area contributed by atoms with Gasteiger partial charge in [-0.2, -0.15) is 13.2 Å². The third-order valence-corrected chi connectivity index (χ3v) is 4.93. The van der Waals surface area contributed by atoms with Crippen molar-refractivity contribution in [1.29, 1.82) is 0 Å². The lowest BCUT2D eigenvalue weighted by Crippen LogP contribution is -2.52. The van der Waals surface area contributed by atoms with Gasteiger partial charge in [-0.1, -0.05) is 35.9 Å². The van der Waals surface area contributed by atoms with Gasteiger partial charge >= 0.3 is 12.2 Å². The zero-order valence-electron chi connectivity index (χ0n) is 14.6. The van der Waals surface area contributed by atoms with Crippen molar-refractivity contribution in [2.24, 2.45) is 0 Å². The molecule has 2 heterocycles. The van der Waals surface area contributed by atoms with Crippen molar-refractivity contribution in [3.05, 3.63) is 64.7 Å². The van der Waals surface area contributed by atoms with Crippen LogP contribution in [0, 0.1) is 6.92 Å². The largest absolute Gasteiger partial charge is 0.416 e. The fourth-order valence-electron chi connectivity index (χ4n) is 3.67. The summed E-state index contributed by atoms with van der Waals surface area (Å²) in [6, 6.07) is 8.92. The number of carbonyl (C=O) groups is 3. The van der Waals surface area contributed by atoms with E-state index in [9.17, 15) is 27.6 Å². The van der Waals surface area contributed by atoms with Gasteiger partial charge in [0.05, 0.1) is 17.8 Å². The molecule has 1 fully saturated rings. The molecule has 2 N–H and O–H groups in total. The predicted molar refractivity (Wildman–Crippen MR) is 92.2 cm³/mol. The van der Waals surface area contributed by atoms with Crippen LogP contribution in [-0.2, 0) is 27.8 Å². The van der Waals surface area contributed by atoms with Crippen LogP contribution in [0.3, 0.4) is 0 Å². The summed E-state index contributed by atoms with van der Waals surface area (Å²) in [6.07, 6.45) is -4.59. The molecule has 144 valence electrons. The van der Waals surface area contributed by atoms with Crippen LogP contribution < -0.4 is 15.5 Å². The Hall–Kier alpha value is -3.36. The second kappa shape index (κ2) is 5.82. The molecule has 2 aromatic rings. The summed E-state index contributed by atoms with van der Waals surface area (Å²) in [6.45, 7) is 1.35. The number of imide groups is 1. The number of hydrogen-bond acceptors (Lipinski definition) is 3. The van der Waals surface area contributed by atoms with Gasteiger partial charge in [0.25, 0.3) is 11.8 Å². The first-order chi connectivity index (χ1) is 13.1. The van der Waals surface area contributed by atoms with Gasteiger partial charge in [0.2, 0.25) is 5.54 Å². The van der Waals surface area contributed by atoms with Crippen molar-refractivity contribution in [3.8, 4) is 0 Å². The molecular formula is C19H14F3N3O3. The molecule has 1 spiro atoms. The van der Waals surface area contributed by atoms with E-state index in [2.05, 4.69) is 5.32 Å². The van der Waals surface area contributed by atoms with Crippen molar-refractivity contribution >= 4 is 23.5 Å². The number of urea groups is 1. The Balaban J connectivity index is 1.84. The standard InChI is InChI=1S/C19H14F3N3O3/c1-10-6-7-14-13(8-10)18(15(26)23-17(28)24-18)16(27)25(14)9-11-4-2-3-5-12(11)19(20,21)22/h2-8H,9H2,1H3,(H2,23,24,26,28). The van der Waals surface area contributed by atoms with Gasteiger partial charge in [-0.05, 0) is 24.6 Å². The van der Waals surface area contributed by atoms with Crippen LogP contribution in [0.15, 0.2) is 42.5 Å². The second-order valence-electron chi connectivity index (χ2n) is 6.73. The zero-order chi connectivity index (χ0) is 20.3. The zero-order valence-corrected chi connectivity index (χ0v) is 14.6. The molecule has 1 saturated heterocycles. The fourth-order valence-corrected chi connectivity index (χ4v) is 3.67. The van der Waals surface area contributed by atoms with Crippen molar-refractivity contribution in [2.45, 2.75) is 25.2 Å². The molecule has 1 atom stereocenters. The van der Waals surface area contributed by atoms with E-state index < -0.39 is 41.7 Å². The molecule has 1 unspecified atom stereocenters. The maximum atomic E-state index is 13.4. The number of fused-ring (bicyclic) bond motifs is 2. The Bertz CT molecular complexity index is 1030. The van der Waals surface area contributed by atoms with Crippen LogP contribution in [0.5, 0.6) is 0 Å². The minimum absolute atomic E-state index is 0.114. The summed E-state index contributed by atoms with van der Waals surface area (Å²) < 4.78 is 40.1. The normalized spacial score (nSPS) is 21.1. The number of alkyl halides is 3. The number of anilines is 1. The Labute approximate surface area is 157 Å². The number of hydrogen-bond donors (Lipinski definition) is 2. The van der Waals surface area contributed by atoms with Gasteiger partial charge in [0, 0.05) is 5.56 Å². The maximum absolute atomic E-state index is 13.4. The third kappa shape index (κ3) is 2.46. The van der Waals surface area contributed by atoms with Gasteiger partial charge in [0.1, 0.15) is 0 Å². The molecular weight excluding hydrogens is 375 g/mol. The van der Waals surface area contributed by atoms with Crippen LogP contribution in [0.25, 0.3) is 0 Å². The summed E-state index contributed by atoms with van der Waals surface area (Å²) in [5.74, 6) is -1.64. The molecule has 0 radical (unpaired) electrons. The van der Waals surface area contributed by atoms with Gasteiger partial charge in [-0.15, -0.1) is 0 Å². The minimum Gasteiger partial charge on any atom is -0.312 e. The molecule has 0 bridgehead atoms. The topological polar surface area (TPSA) is 78.5 Å². The second-order valence-corrected chi connectivity index (χ2v) is 6.73. The Kier molecular flexibility index (Phi) is 3.74. The van der Waals surface area contributed by atoms with E-state index in [0.29, 0.717) is 0 Å². The van der Waals surface area contributed by atoms with Crippen molar-refractivity contribution in [1.82, 2.24) is 10.6 Å². The summed E-state index contributed by atoms with van der Waals surface area (Å²) in [7, 11) is 0. The van der Waals surface area contributed by atoms with Crippen LogP contribution in [0.2, 0.25) is 0 Å². The number of rotatable bonds is 2. The van der Waals surface area contributed by atoms with Gasteiger partial charge < -0.3 is 10.2 Å². The molecule has 9 heteroatoms. The average molecular weight is 389 g/mol. The lowest BCUT2D eigenvalue weighted by atomic mass is 9.90. The smallest absolute Gasteiger partial charge is 0.312 e. The SMILES string of the molecule is Cc1ccc2c(c1)C1(NC(=O)NC1=O)C(=O)N2Cc1ccccc1C(F)(F)F. The summed E-state index contributed by atoms with van der Waals surface area (Å²) in [5.41, 5.74) is -1.69. The average Bonchev–Trinajstić information content (AvgIpc) is 3.04. The Morgan fingerprint density at radius 2 is 1.79 bits per heavy atom. The number of aryl methyl sites for hydroxylation is 1. The highest BCUT2D eigenvalue weighted by Gasteiger charge is 2.61. The lowest BCUT2D eigenvalue weighted by molar-refractivity contribution is -0.139. The number of amides is 4. The highest BCUT2D eigenvalue weighted by molar-refractivity contribution is 6.27. The van der Waals surface area contributed by atoms with Crippen LogP contribution in [0.4, 0.5) is 23.7 Å². The van der Waals surface area contributed by atoms with Crippen LogP contribution in [-0.4, -0.2) is 17.8 Å². The highest BCUT2D eigenvalue weighted by atomic mass is 19.4.